The molecular weight excluding hydrogens is 526 g/mol. The van der Waals surface area contributed by atoms with Gasteiger partial charge in [0.1, 0.15) is 16.7 Å². The van der Waals surface area contributed by atoms with Crippen LogP contribution in [0.25, 0.3) is 65.8 Å². The molecule has 0 saturated carbocycles. The Kier molecular flexibility index (Phi) is 5.20. The number of rotatable bonds is 4. The minimum atomic E-state index is 0.858. The van der Waals surface area contributed by atoms with Crippen LogP contribution in [-0.2, 0) is 0 Å². The summed E-state index contributed by atoms with van der Waals surface area (Å²) >= 11 is 0. The summed E-state index contributed by atoms with van der Waals surface area (Å²) in [5.74, 6) is 0. The van der Waals surface area contributed by atoms with Crippen molar-refractivity contribution in [1.82, 2.24) is 0 Å². The molecule has 0 bridgehead atoms. The van der Waals surface area contributed by atoms with E-state index in [-0.39, 0.29) is 0 Å². The molecule has 9 aromatic rings. The molecule has 202 valence electrons. The molecule has 0 aliphatic heterocycles. The summed E-state index contributed by atoms with van der Waals surface area (Å²) in [7, 11) is 0. The number of hydrogen-bond donors (Lipinski definition) is 0. The van der Waals surface area contributed by atoms with Gasteiger partial charge >= 0.3 is 0 Å². The van der Waals surface area contributed by atoms with E-state index in [1.807, 2.05) is 12.1 Å². The van der Waals surface area contributed by atoms with Crippen molar-refractivity contribution in [3.8, 4) is 11.1 Å². The van der Waals surface area contributed by atoms with Crippen LogP contribution in [0.4, 0.5) is 17.1 Å². The maximum absolute atomic E-state index is 6.56. The molecule has 3 heteroatoms. The summed E-state index contributed by atoms with van der Waals surface area (Å²) in [6.07, 6.45) is 0. The number of fused-ring (bicyclic) bond motifs is 8. The lowest BCUT2D eigenvalue weighted by Gasteiger charge is -2.26. The maximum Gasteiger partial charge on any atom is 0.159 e. The Labute approximate surface area is 247 Å². The van der Waals surface area contributed by atoms with E-state index < -0.39 is 0 Å². The predicted octanol–water partition coefficient (Wildman–Crippen LogP) is 11.8. The first kappa shape index (κ1) is 23.9. The molecule has 0 unspecified atom stereocenters. The van der Waals surface area contributed by atoms with Gasteiger partial charge in [-0.05, 0) is 70.4 Å². The minimum Gasteiger partial charge on any atom is -0.456 e. The van der Waals surface area contributed by atoms with E-state index in [4.69, 9.17) is 8.83 Å². The summed E-state index contributed by atoms with van der Waals surface area (Å²) in [6, 6.07) is 53.1. The summed E-state index contributed by atoms with van der Waals surface area (Å²) in [4.78, 5) is 2.31. The molecule has 9 rings (SSSR count). The molecule has 0 spiro atoms. The van der Waals surface area contributed by atoms with Crippen molar-refractivity contribution in [2.24, 2.45) is 0 Å². The van der Waals surface area contributed by atoms with Gasteiger partial charge in [-0.15, -0.1) is 0 Å². The van der Waals surface area contributed by atoms with Crippen LogP contribution >= 0.6 is 0 Å². The summed E-state index contributed by atoms with van der Waals surface area (Å²) < 4.78 is 12.9. The van der Waals surface area contributed by atoms with Crippen molar-refractivity contribution in [1.29, 1.82) is 0 Å². The highest BCUT2D eigenvalue weighted by Crippen LogP contribution is 2.45. The van der Waals surface area contributed by atoms with E-state index in [2.05, 4.69) is 144 Å². The van der Waals surface area contributed by atoms with Crippen LogP contribution in [0.2, 0.25) is 0 Å². The van der Waals surface area contributed by atoms with Gasteiger partial charge in [0.15, 0.2) is 5.58 Å². The van der Waals surface area contributed by atoms with Gasteiger partial charge < -0.3 is 13.7 Å². The van der Waals surface area contributed by atoms with Gasteiger partial charge in [0.25, 0.3) is 0 Å². The Morgan fingerprint density at radius 1 is 0.395 bits per heavy atom. The number of anilines is 3. The fourth-order valence-electron chi connectivity index (χ4n) is 6.47. The van der Waals surface area contributed by atoms with Gasteiger partial charge in [-0.3, -0.25) is 0 Å². The zero-order valence-electron chi connectivity index (χ0n) is 23.2. The van der Waals surface area contributed by atoms with E-state index in [0.717, 1.165) is 66.5 Å². The van der Waals surface area contributed by atoms with Gasteiger partial charge in [0.2, 0.25) is 0 Å². The van der Waals surface area contributed by atoms with Gasteiger partial charge in [0.05, 0.1) is 5.69 Å². The molecule has 0 saturated heterocycles. The summed E-state index contributed by atoms with van der Waals surface area (Å²) in [5.41, 5.74) is 8.89. The highest BCUT2D eigenvalue weighted by Gasteiger charge is 2.21. The number of nitrogens with zero attached hydrogens (tertiary/aromatic N) is 1. The zero-order chi connectivity index (χ0) is 28.3. The minimum absolute atomic E-state index is 0.858. The predicted molar refractivity (Wildman–Crippen MR) is 179 cm³/mol. The fraction of sp³-hybridized carbons (Fsp3) is 0. The third-order valence-electron chi connectivity index (χ3n) is 8.44. The second-order valence-electron chi connectivity index (χ2n) is 10.9. The van der Waals surface area contributed by atoms with Crippen LogP contribution in [0.1, 0.15) is 0 Å². The number of para-hydroxylation sites is 2. The lowest BCUT2D eigenvalue weighted by Crippen LogP contribution is -2.10. The first-order valence-electron chi connectivity index (χ1n) is 14.5. The van der Waals surface area contributed by atoms with E-state index in [0.29, 0.717) is 0 Å². The van der Waals surface area contributed by atoms with E-state index in [1.165, 1.54) is 16.3 Å². The molecule has 0 N–H and O–H groups in total. The molecule has 2 heterocycles. The average Bonchev–Trinajstić information content (AvgIpc) is 3.64. The third-order valence-corrected chi connectivity index (χ3v) is 8.44. The van der Waals surface area contributed by atoms with Gasteiger partial charge in [-0.1, -0.05) is 103 Å². The van der Waals surface area contributed by atoms with Crippen molar-refractivity contribution >= 4 is 71.7 Å². The smallest absolute Gasteiger partial charge is 0.159 e. The molecular formula is C40H25NO2. The first-order chi connectivity index (χ1) is 21.3. The van der Waals surface area contributed by atoms with Crippen molar-refractivity contribution < 1.29 is 8.83 Å². The molecule has 0 atom stereocenters. The molecule has 0 aliphatic rings. The zero-order valence-corrected chi connectivity index (χ0v) is 23.2. The highest BCUT2D eigenvalue weighted by atomic mass is 16.3. The Balaban J connectivity index is 1.34. The van der Waals surface area contributed by atoms with Crippen LogP contribution in [0, 0.1) is 0 Å². The van der Waals surface area contributed by atoms with E-state index >= 15 is 0 Å². The fourth-order valence-corrected chi connectivity index (χ4v) is 6.47. The molecule has 7 aromatic carbocycles. The normalized spacial score (nSPS) is 11.7. The lowest BCUT2D eigenvalue weighted by molar-refractivity contribution is 0.669. The van der Waals surface area contributed by atoms with Crippen LogP contribution in [0.15, 0.2) is 160 Å². The number of hydrogen-bond acceptors (Lipinski definition) is 3. The van der Waals surface area contributed by atoms with Crippen molar-refractivity contribution in [3.63, 3.8) is 0 Å². The Bertz CT molecular complexity index is 2470. The quantitative estimate of drug-likeness (QED) is 0.218. The third kappa shape index (κ3) is 3.75. The Morgan fingerprint density at radius 3 is 2.02 bits per heavy atom. The largest absolute Gasteiger partial charge is 0.456 e. The standard InChI is InChI=1S/C40H25NO2/c1-2-10-26(11-3-1)28-13-8-14-29(24-28)41(35-18-9-17-33-32-16-6-7-19-36(32)43-40(33)35)30-21-23-37-34(25-30)39-31-15-5-4-12-27(31)20-22-38(39)42-37/h1-25H. The SMILES string of the molecule is c1ccc(-c2cccc(N(c3ccc4oc5ccc6ccccc6c5c4c3)c3cccc4c3oc3ccccc34)c2)cc1. The second-order valence-corrected chi connectivity index (χ2v) is 10.9. The van der Waals surface area contributed by atoms with Crippen molar-refractivity contribution in [3.05, 3.63) is 152 Å². The lowest BCUT2D eigenvalue weighted by atomic mass is 10.0. The molecule has 0 amide bonds. The van der Waals surface area contributed by atoms with E-state index in [1.54, 1.807) is 0 Å². The topological polar surface area (TPSA) is 29.5 Å². The number of benzene rings is 7. The Morgan fingerprint density at radius 2 is 1.09 bits per heavy atom. The first-order valence-corrected chi connectivity index (χ1v) is 14.5. The second kappa shape index (κ2) is 9.37. The molecule has 2 aromatic heterocycles. The van der Waals surface area contributed by atoms with Gasteiger partial charge in [0, 0.05) is 32.9 Å². The van der Waals surface area contributed by atoms with Gasteiger partial charge in [-0.25, -0.2) is 0 Å². The van der Waals surface area contributed by atoms with Crippen molar-refractivity contribution in [2.45, 2.75) is 0 Å². The summed E-state index contributed by atoms with van der Waals surface area (Å²) in [5, 5.41) is 6.81. The monoisotopic (exact) mass is 551 g/mol. The molecule has 3 nitrogen and oxygen atoms in total. The summed E-state index contributed by atoms with van der Waals surface area (Å²) in [6.45, 7) is 0. The number of furan rings is 2. The van der Waals surface area contributed by atoms with E-state index in [9.17, 15) is 0 Å². The molecule has 0 fully saturated rings. The molecule has 43 heavy (non-hydrogen) atoms. The maximum atomic E-state index is 6.56. The average molecular weight is 552 g/mol. The molecule has 0 aliphatic carbocycles. The van der Waals surface area contributed by atoms with Crippen LogP contribution in [0.3, 0.4) is 0 Å². The van der Waals surface area contributed by atoms with Crippen LogP contribution in [-0.4, -0.2) is 0 Å². The van der Waals surface area contributed by atoms with Crippen LogP contribution in [0.5, 0.6) is 0 Å². The van der Waals surface area contributed by atoms with Gasteiger partial charge in [-0.2, -0.15) is 0 Å². The Hall–Kier alpha value is -5.80. The van der Waals surface area contributed by atoms with Crippen LogP contribution < -0.4 is 4.90 Å². The highest BCUT2D eigenvalue weighted by molar-refractivity contribution is 6.19. The molecule has 0 radical (unpaired) electrons. The van der Waals surface area contributed by atoms with Crippen molar-refractivity contribution in [2.75, 3.05) is 4.90 Å².